The Kier molecular flexibility index (Phi) is 5.88. The van der Waals surface area contributed by atoms with Crippen LogP contribution in [0, 0.1) is 17.2 Å². The Morgan fingerprint density at radius 3 is 2.85 bits per heavy atom. The van der Waals surface area contributed by atoms with Crippen LogP contribution in [0.2, 0.25) is 0 Å². The summed E-state index contributed by atoms with van der Waals surface area (Å²) >= 11 is 0. The van der Waals surface area contributed by atoms with E-state index in [0.717, 1.165) is 30.4 Å². The van der Waals surface area contributed by atoms with E-state index in [-0.39, 0.29) is 0 Å². The molecule has 0 spiro atoms. The zero-order valence-corrected chi connectivity index (χ0v) is 12.3. The summed E-state index contributed by atoms with van der Waals surface area (Å²) in [5.41, 5.74) is 1.04. The third kappa shape index (κ3) is 4.54. The van der Waals surface area contributed by atoms with Crippen molar-refractivity contribution in [1.82, 2.24) is 4.90 Å². The second-order valence-electron chi connectivity index (χ2n) is 5.57. The van der Waals surface area contributed by atoms with Gasteiger partial charge in [-0.2, -0.15) is 5.26 Å². The van der Waals surface area contributed by atoms with Crippen LogP contribution in [0.5, 0.6) is 5.75 Å². The molecule has 0 bridgehead atoms. The quantitative estimate of drug-likeness (QED) is 0.764. The van der Waals surface area contributed by atoms with E-state index in [1.165, 1.54) is 32.4 Å². The van der Waals surface area contributed by atoms with Gasteiger partial charge in [0.05, 0.1) is 12.5 Å². The van der Waals surface area contributed by atoms with Crippen LogP contribution in [-0.4, -0.2) is 31.1 Å². The lowest BCUT2D eigenvalue weighted by Crippen LogP contribution is -2.26. The number of likely N-dealkylation sites (tertiary alicyclic amines) is 1. The highest BCUT2D eigenvalue weighted by atomic mass is 16.5. The first kappa shape index (κ1) is 14.9. The average molecular weight is 272 g/mol. The SMILES string of the molecule is CCCC1CCN(CCOc2ccc(CC#N)cc2)C1. The van der Waals surface area contributed by atoms with Crippen molar-refractivity contribution in [3.63, 3.8) is 0 Å². The Bertz CT molecular complexity index is 435. The van der Waals surface area contributed by atoms with Gasteiger partial charge in [-0.15, -0.1) is 0 Å². The van der Waals surface area contributed by atoms with Gasteiger partial charge in [-0.05, 0) is 43.0 Å². The molecular weight excluding hydrogens is 248 g/mol. The summed E-state index contributed by atoms with van der Waals surface area (Å²) in [7, 11) is 0. The van der Waals surface area contributed by atoms with Gasteiger partial charge in [0.1, 0.15) is 12.4 Å². The van der Waals surface area contributed by atoms with Gasteiger partial charge in [-0.25, -0.2) is 0 Å². The zero-order chi connectivity index (χ0) is 14.2. The van der Waals surface area contributed by atoms with Crippen LogP contribution in [-0.2, 0) is 6.42 Å². The van der Waals surface area contributed by atoms with Gasteiger partial charge in [-0.1, -0.05) is 25.5 Å². The largest absolute Gasteiger partial charge is 0.492 e. The maximum Gasteiger partial charge on any atom is 0.119 e. The van der Waals surface area contributed by atoms with Crippen molar-refractivity contribution >= 4 is 0 Å². The third-order valence-electron chi connectivity index (χ3n) is 3.95. The van der Waals surface area contributed by atoms with Gasteiger partial charge in [-0.3, -0.25) is 4.90 Å². The molecule has 0 saturated carbocycles. The number of hydrogen-bond donors (Lipinski definition) is 0. The van der Waals surface area contributed by atoms with Crippen molar-refractivity contribution in [3.8, 4) is 11.8 Å². The minimum absolute atomic E-state index is 0.465. The van der Waals surface area contributed by atoms with E-state index >= 15 is 0 Å². The van der Waals surface area contributed by atoms with Crippen LogP contribution in [0.25, 0.3) is 0 Å². The second kappa shape index (κ2) is 7.91. The number of hydrogen-bond acceptors (Lipinski definition) is 3. The molecule has 1 unspecified atom stereocenters. The Morgan fingerprint density at radius 1 is 1.35 bits per heavy atom. The van der Waals surface area contributed by atoms with Crippen LogP contribution >= 0.6 is 0 Å². The van der Waals surface area contributed by atoms with E-state index in [2.05, 4.69) is 17.9 Å². The van der Waals surface area contributed by atoms with Gasteiger partial charge >= 0.3 is 0 Å². The predicted octanol–water partition coefficient (Wildman–Crippen LogP) is 3.25. The molecule has 0 amide bonds. The molecule has 1 heterocycles. The van der Waals surface area contributed by atoms with Gasteiger partial charge < -0.3 is 4.74 Å². The highest BCUT2D eigenvalue weighted by Gasteiger charge is 2.20. The fourth-order valence-electron chi connectivity index (χ4n) is 2.85. The summed E-state index contributed by atoms with van der Waals surface area (Å²) in [4.78, 5) is 2.50. The van der Waals surface area contributed by atoms with Gasteiger partial charge in [0.15, 0.2) is 0 Å². The van der Waals surface area contributed by atoms with E-state index in [9.17, 15) is 0 Å². The molecule has 1 aromatic carbocycles. The third-order valence-corrected chi connectivity index (χ3v) is 3.95. The Balaban J connectivity index is 1.67. The van der Waals surface area contributed by atoms with E-state index in [1.54, 1.807) is 0 Å². The molecule has 3 heteroatoms. The first-order valence-corrected chi connectivity index (χ1v) is 7.63. The number of nitriles is 1. The molecule has 3 nitrogen and oxygen atoms in total. The fourth-order valence-corrected chi connectivity index (χ4v) is 2.85. The van der Waals surface area contributed by atoms with Crippen LogP contribution in [0.4, 0.5) is 0 Å². The van der Waals surface area contributed by atoms with E-state index < -0.39 is 0 Å². The molecule has 1 aromatic rings. The smallest absolute Gasteiger partial charge is 0.119 e. The summed E-state index contributed by atoms with van der Waals surface area (Å²) in [6.07, 6.45) is 4.46. The predicted molar refractivity (Wildman–Crippen MR) is 80.7 cm³/mol. The molecule has 1 aliphatic heterocycles. The second-order valence-corrected chi connectivity index (χ2v) is 5.57. The van der Waals surface area contributed by atoms with Gasteiger partial charge in [0.2, 0.25) is 0 Å². The molecule has 2 rings (SSSR count). The van der Waals surface area contributed by atoms with E-state index in [4.69, 9.17) is 10.00 Å². The minimum atomic E-state index is 0.465. The fraction of sp³-hybridized carbons (Fsp3) is 0.588. The molecule has 20 heavy (non-hydrogen) atoms. The molecule has 0 aromatic heterocycles. The molecule has 1 aliphatic rings. The molecule has 1 atom stereocenters. The van der Waals surface area contributed by atoms with Gasteiger partial charge in [0, 0.05) is 13.1 Å². The normalized spacial score (nSPS) is 18.9. The monoisotopic (exact) mass is 272 g/mol. The van der Waals surface area contributed by atoms with Crippen molar-refractivity contribution in [3.05, 3.63) is 29.8 Å². The maximum absolute atomic E-state index is 8.62. The minimum Gasteiger partial charge on any atom is -0.492 e. The lowest BCUT2D eigenvalue weighted by Gasteiger charge is -2.16. The first-order chi connectivity index (χ1) is 9.81. The molecule has 0 N–H and O–H groups in total. The van der Waals surface area contributed by atoms with Crippen LogP contribution in [0.3, 0.4) is 0 Å². The van der Waals surface area contributed by atoms with Crippen molar-refractivity contribution in [2.24, 2.45) is 5.92 Å². The van der Waals surface area contributed by atoms with Crippen molar-refractivity contribution in [1.29, 1.82) is 5.26 Å². The van der Waals surface area contributed by atoms with Crippen molar-refractivity contribution in [2.45, 2.75) is 32.6 Å². The van der Waals surface area contributed by atoms with E-state index in [0.29, 0.717) is 6.42 Å². The standard InChI is InChI=1S/C17H24N2O/c1-2-3-16-9-11-19(14-16)12-13-20-17-6-4-15(5-7-17)8-10-18/h4-7,16H,2-3,8-9,11-14H2,1H3. The summed E-state index contributed by atoms with van der Waals surface area (Å²) in [6.45, 7) is 6.48. The lowest BCUT2D eigenvalue weighted by atomic mass is 10.0. The van der Waals surface area contributed by atoms with Gasteiger partial charge in [0.25, 0.3) is 0 Å². The topological polar surface area (TPSA) is 36.3 Å². The van der Waals surface area contributed by atoms with Crippen molar-refractivity contribution in [2.75, 3.05) is 26.2 Å². The number of rotatable bonds is 7. The number of benzene rings is 1. The lowest BCUT2D eigenvalue weighted by molar-refractivity contribution is 0.232. The number of nitrogens with zero attached hydrogens (tertiary/aromatic N) is 2. The number of ether oxygens (including phenoxy) is 1. The molecule has 0 aliphatic carbocycles. The highest BCUT2D eigenvalue weighted by Crippen LogP contribution is 2.20. The average Bonchev–Trinajstić information content (AvgIpc) is 2.89. The maximum atomic E-state index is 8.62. The molecular formula is C17H24N2O. The van der Waals surface area contributed by atoms with Crippen LogP contribution in [0.15, 0.2) is 24.3 Å². The van der Waals surface area contributed by atoms with Crippen LogP contribution < -0.4 is 4.74 Å². The molecule has 0 radical (unpaired) electrons. The zero-order valence-electron chi connectivity index (χ0n) is 12.3. The molecule has 108 valence electrons. The van der Waals surface area contributed by atoms with Crippen LogP contribution in [0.1, 0.15) is 31.7 Å². The summed E-state index contributed by atoms with van der Waals surface area (Å²) in [5, 5.41) is 8.62. The van der Waals surface area contributed by atoms with Crippen molar-refractivity contribution < 1.29 is 4.74 Å². The van der Waals surface area contributed by atoms with E-state index in [1.807, 2.05) is 24.3 Å². The summed E-state index contributed by atoms with van der Waals surface area (Å²) < 4.78 is 5.77. The first-order valence-electron chi connectivity index (χ1n) is 7.63. The summed E-state index contributed by atoms with van der Waals surface area (Å²) in [6, 6.07) is 9.99. The Hall–Kier alpha value is -1.53. The Morgan fingerprint density at radius 2 is 2.15 bits per heavy atom. The summed E-state index contributed by atoms with van der Waals surface area (Å²) in [5.74, 6) is 1.79. The molecule has 1 saturated heterocycles. The Labute approximate surface area is 122 Å². The molecule has 1 fully saturated rings. The highest BCUT2D eigenvalue weighted by molar-refractivity contribution is 5.28.